The minimum atomic E-state index is -4.40. The van der Waals surface area contributed by atoms with Gasteiger partial charge in [-0.2, -0.15) is 13.2 Å². The van der Waals surface area contributed by atoms with E-state index >= 15 is 0 Å². The second kappa shape index (κ2) is 5.81. The highest BCUT2D eigenvalue weighted by Gasteiger charge is 2.31. The Morgan fingerprint density at radius 2 is 2.22 bits per heavy atom. The van der Waals surface area contributed by atoms with Crippen LogP contribution in [0.1, 0.15) is 17.2 Å². The molecule has 1 aromatic rings. The summed E-state index contributed by atoms with van der Waals surface area (Å²) in [7, 11) is 1.12. The van der Waals surface area contributed by atoms with Crippen molar-refractivity contribution in [2.75, 3.05) is 13.7 Å². The monoisotopic (exact) mass is 262 g/mol. The Hall–Kier alpha value is -1.63. The summed E-state index contributed by atoms with van der Waals surface area (Å²) in [6.07, 6.45) is -1.56. The van der Waals surface area contributed by atoms with E-state index in [1.165, 1.54) is 12.4 Å². The first-order chi connectivity index (χ1) is 8.35. The highest BCUT2D eigenvalue weighted by molar-refractivity contribution is 5.77. The van der Waals surface area contributed by atoms with E-state index in [-0.39, 0.29) is 0 Å². The number of aryl methyl sites for hydroxylation is 1. The molecule has 1 rings (SSSR count). The van der Waals surface area contributed by atoms with Crippen molar-refractivity contribution in [3.63, 3.8) is 0 Å². The lowest BCUT2D eigenvalue weighted by Gasteiger charge is -2.19. The number of hydrogen-bond acceptors (Lipinski definition) is 4. The van der Waals surface area contributed by atoms with Crippen molar-refractivity contribution >= 4 is 5.97 Å². The Morgan fingerprint density at radius 1 is 1.56 bits per heavy atom. The topological polar surface area (TPSA) is 51.2 Å². The molecule has 0 saturated heterocycles. The summed E-state index contributed by atoms with van der Waals surface area (Å²) < 4.78 is 41.0. The fraction of sp³-hybridized carbons (Fsp3) is 0.455. The molecule has 4 nitrogen and oxygen atoms in total. The summed E-state index contributed by atoms with van der Waals surface area (Å²) in [5.74, 6) is -0.782. The Bertz CT molecular complexity index is 421. The Kier molecular flexibility index (Phi) is 4.66. The van der Waals surface area contributed by atoms with E-state index < -0.39 is 24.7 Å². The molecule has 0 aliphatic rings. The average Bonchev–Trinajstić information content (AvgIpc) is 2.29. The third-order valence-corrected chi connectivity index (χ3v) is 2.33. The van der Waals surface area contributed by atoms with Crippen molar-refractivity contribution < 1.29 is 22.7 Å². The minimum Gasteiger partial charge on any atom is -0.468 e. The third kappa shape index (κ3) is 3.99. The molecule has 1 aromatic heterocycles. The zero-order valence-corrected chi connectivity index (χ0v) is 9.91. The van der Waals surface area contributed by atoms with Gasteiger partial charge in [0.2, 0.25) is 0 Å². The highest BCUT2D eigenvalue weighted by Crippen LogP contribution is 2.20. The van der Waals surface area contributed by atoms with Gasteiger partial charge < -0.3 is 4.74 Å². The number of halogens is 3. The summed E-state index contributed by atoms with van der Waals surface area (Å²) in [6, 6.07) is 0.436. The molecule has 0 aliphatic heterocycles. The second-order valence-corrected chi connectivity index (χ2v) is 3.68. The Balaban J connectivity index is 2.93. The van der Waals surface area contributed by atoms with Crippen LogP contribution in [-0.4, -0.2) is 30.8 Å². The highest BCUT2D eigenvalue weighted by atomic mass is 19.4. The van der Waals surface area contributed by atoms with Gasteiger partial charge in [-0.05, 0) is 18.6 Å². The number of esters is 1. The number of rotatable bonds is 4. The van der Waals surface area contributed by atoms with Crippen LogP contribution < -0.4 is 5.32 Å². The van der Waals surface area contributed by atoms with Gasteiger partial charge in [0.1, 0.15) is 6.04 Å². The number of alkyl halides is 3. The van der Waals surface area contributed by atoms with E-state index in [0.717, 1.165) is 7.11 Å². The molecule has 100 valence electrons. The number of carbonyl (C=O) groups excluding carboxylic acids is 1. The molecule has 7 heteroatoms. The summed E-state index contributed by atoms with van der Waals surface area (Å²) in [5, 5.41) is 2.13. The van der Waals surface area contributed by atoms with E-state index in [9.17, 15) is 18.0 Å². The first kappa shape index (κ1) is 14.4. The summed E-state index contributed by atoms with van der Waals surface area (Å²) in [4.78, 5) is 15.3. The summed E-state index contributed by atoms with van der Waals surface area (Å²) in [6.45, 7) is 0.406. The summed E-state index contributed by atoms with van der Waals surface area (Å²) >= 11 is 0. The van der Waals surface area contributed by atoms with Gasteiger partial charge in [0, 0.05) is 18.0 Å². The molecule has 1 N–H and O–H groups in total. The van der Waals surface area contributed by atoms with Crippen LogP contribution in [0, 0.1) is 6.92 Å². The van der Waals surface area contributed by atoms with Crippen LogP contribution in [0.25, 0.3) is 0 Å². The predicted octanol–water partition coefficient (Wildman–Crippen LogP) is 1.76. The number of ether oxygens (including phenoxy) is 1. The Morgan fingerprint density at radius 3 is 2.72 bits per heavy atom. The molecule has 0 amide bonds. The molecule has 1 heterocycles. The van der Waals surface area contributed by atoms with Gasteiger partial charge in [0.15, 0.2) is 0 Å². The molecule has 0 fully saturated rings. The van der Waals surface area contributed by atoms with Gasteiger partial charge in [-0.15, -0.1) is 0 Å². The number of nitrogens with one attached hydrogen (secondary N) is 1. The van der Waals surface area contributed by atoms with Crippen LogP contribution in [0.5, 0.6) is 0 Å². The normalized spacial score (nSPS) is 13.2. The molecular formula is C11H13F3N2O2. The van der Waals surface area contributed by atoms with Crippen molar-refractivity contribution in [2.45, 2.75) is 19.1 Å². The van der Waals surface area contributed by atoms with E-state index in [4.69, 9.17) is 0 Å². The lowest BCUT2D eigenvalue weighted by atomic mass is 10.0. The number of aromatic nitrogens is 1. The molecule has 1 atom stereocenters. The Labute approximate surface area is 102 Å². The minimum absolute atomic E-state index is 0.369. The van der Waals surface area contributed by atoms with Gasteiger partial charge in [0.05, 0.1) is 13.7 Å². The van der Waals surface area contributed by atoms with Gasteiger partial charge in [-0.25, -0.2) is 4.79 Å². The molecule has 0 saturated carbocycles. The van der Waals surface area contributed by atoms with Crippen LogP contribution in [0.4, 0.5) is 13.2 Å². The number of carbonyl (C=O) groups is 1. The van der Waals surface area contributed by atoms with Crippen molar-refractivity contribution in [2.24, 2.45) is 0 Å². The zero-order chi connectivity index (χ0) is 13.8. The quantitative estimate of drug-likeness (QED) is 0.840. The standard InChI is InChI=1S/C11H13F3N2O2/c1-7-3-4-15-5-8(7)9(10(17)18-2)16-6-11(12,13)14/h3-5,9,16H,6H2,1-2H3. The van der Waals surface area contributed by atoms with Gasteiger partial charge in [-0.3, -0.25) is 10.3 Å². The van der Waals surface area contributed by atoms with Crippen LogP contribution in [0.2, 0.25) is 0 Å². The number of hydrogen-bond donors (Lipinski definition) is 1. The first-order valence-electron chi connectivity index (χ1n) is 5.13. The SMILES string of the molecule is COC(=O)C(NCC(F)(F)F)c1cnccc1C. The average molecular weight is 262 g/mol. The number of methoxy groups -OCH3 is 1. The number of pyridine rings is 1. The lowest BCUT2D eigenvalue weighted by molar-refractivity contribution is -0.146. The first-order valence-corrected chi connectivity index (χ1v) is 5.13. The summed E-state index contributed by atoms with van der Waals surface area (Å²) in [5.41, 5.74) is 1.03. The van der Waals surface area contributed by atoms with Crippen LogP contribution in [0.15, 0.2) is 18.5 Å². The largest absolute Gasteiger partial charge is 0.468 e. The molecule has 0 aliphatic carbocycles. The zero-order valence-electron chi connectivity index (χ0n) is 9.91. The van der Waals surface area contributed by atoms with Crippen LogP contribution in [-0.2, 0) is 9.53 Å². The van der Waals surface area contributed by atoms with E-state index in [2.05, 4.69) is 15.0 Å². The van der Waals surface area contributed by atoms with Crippen molar-refractivity contribution in [1.82, 2.24) is 10.3 Å². The van der Waals surface area contributed by atoms with Gasteiger partial charge >= 0.3 is 12.1 Å². The van der Waals surface area contributed by atoms with E-state index in [0.29, 0.717) is 11.1 Å². The fourth-order valence-corrected chi connectivity index (χ4v) is 1.43. The molecule has 18 heavy (non-hydrogen) atoms. The predicted molar refractivity (Wildman–Crippen MR) is 57.8 cm³/mol. The maximum Gasteiger partial charge on any atom is 0.401 e. The second-order valence-electron chi connectivity index (χ2n) is 3.68. The van der Waals surface area contributed by atoms with Crippen LogP contribution >= 0.6 is 0 Å². The van der Waals surface area contributed by atoms with Gasteiger partial charge in [0.25, 0.3) is 0 Å². The maximum atomic E-state index is 12.2. The maximum absolute atomic E-state index is 12.2. The van der Waals surface area contributed by atoms with E-state index in [1.807, 2.05) is 0 Å². The van der Waals surface area contributed by atoms with Crippen molar-refractivity contribution in [3.05, 3.63) is 29.6 Å². The molecule has 0 spiro atoms. The lowest BCUT2D eigenvalue weighted by Crippen LogP contribution is -2.37. The fourth-order valence-electron chi connectivity index (χ4n) is 1.43. The molecule has 0 bridgehead atoms. The molecule has 0 aromatic carbocycles. The third-order valence-electron chi connectivity index (χ3n) is 2.33. The molecule has 1 unspecified atom stereocenters. The smallest absolute Gasteiger partial charge is 0.401 e. The van der Waals surface area contributed by atoms with Crippen molar-refractivity contribution in [3.8, 4) is 0 Å². The van der Waals surface area contributed by atoms with Gasteiger partial charge in [-0.1, -0.05) is 0 Å². The van der Waals surface area contributed by atoms with Crippen LogP contribution in [0.3, 0.4) is 0 Å². The number of nitrogens with zero attached hydrogens (tertiary/aromatic N) is 1. The van der Waals surface area contributed by atoms with Crippen molar-refractivity contribution in [1.29, 1.82) is 0 Å². The molecule has 0 radical (unpaired) electrons. The molecular weight excluding hydrogens is 249 g/mol. The van der Waals surface area contributed by atoms with E-state index in [1.54, 1.807) is 13.0 Å².